The van der Waals surface area contributed by atoms with Crippen LogP contribution in [0.25, 0.3) is 22.4 Å². The van der Waals surface area contributed by atoms with Gasteiger partial charge in [0.2, 0.25) is 0 Å². The van der Waals surface area contributed by atoms with Crippen LogP contribution in [0.4, 0.5) is 0 Å². The predicted octanol–water partition coefficient (Wildman–Crippen LogP) is 2.93. The van der Waals surface area contributed by atoms with E-state index in [0.29, 0.717) is 0 Å². The SMILES string of the molecule is Cc1cc2nc(-c3ccccc3)ncc2[nH]1. The van der Waals surface area contributed by atoms with Crippen LogP contribution in [-0.2, 0) is 0 Å². The molecule has 3 rings (SSSR count). The van der Waals surface area contributed by atoms with Gasteiger partial charge in [0.25, 0.3) is 0 Å². The first-order chi connectivity index (χ1) is 7.83. The Balaban J connectivity index is 2.18. The highest BCUT2D eigenvalue weighted by Gasteiger charge is 2.03. The number of hydrogen-bond acceptors (Lipinski definition) is 2. The van der Waals surface area contributed by atoms with Gasteiger partial charge in [0.1, 0.15) is 0 Å². The van der Waals surface area contributed by atoms with E-state index in [1.807, 2.05) is 49.5 Å². The van der Waals surface area contributed by atoms with Gasteiger partial charge >= 0.3 is 0 Å². The van der Waals surface area contributed by atoms with E-state index in [4.69, 9.17) is 0 Å². The van der Waals surface area contributed by atoms with Gasteiger partial charge in [-0.2, -0.15) is 0 Å². The number of H-pyrrole nitrogens is 1. The lowest BCUT2D eigenvalue weighted by Gasteiger charge is -1.98. The first kappa shape index (κ1) is 9.09. The molecule has 0 saturated heterocycles. The summed E-state index contributed by atoms with van der Waals surface area (Å²) in [5.74, 6) is 0.770. The van der Waals surface area contributed by atoms with Gasteiger partial charge in [-0.1, -0.05) is 30.3 Å². The summed E-state index contributed by atoms with van der Waals surface area (Å²) >= 11 is 0. The molecule has 1 N–H and O–H groups in total. The van der Waals surface area contributed by atoms with Gasteiger partial charge in [-0.05, 0) is 13.0 Å². The van der Waals surface area contributed by atoms with Crippen LogP contribution in [0.3, 0.4) is 0 Å². The predicted molar refractivity (Wildman–Crippen MR) is 64.1 cm³/mol. The largest absolute Gasteiger partial charge is 0.356 e. The molecule has 0 radical (unpaired) electrons. The van der Waals surface area contributed by atoms with Crippen molar-refractivity contribution in [1.29, 1.82) is 0 Å². The zero-order valence-electron chi connectivity index (χ0n) is 8.94. The third-order valence-corrected chi connectivity index (χ3v) is 2.54. The van der Waals surface area contributed by atoms with Gasteiger partial charge < -0.3 is 4.98 Å². The lowest BCUT2D eigenvalue weighted by Crippen LogP contribution is -1.87. The highest BCUT2D eigenvalue weighted by atomic mass is 14.9. The highest BCUT2D eigenvalue weighted by Crippen LogP contribution is 2.18. The number of hydrogen-bond donors (Lipinski definition) is 1. The molecule has 0 fully saturated rings. The third-order valence-electron chi connectivity index (χ3n) is 2.54. The smallest absolute Gasteiger partial charge is 0.159 e. The van der Waals surface area contributed by atoms with Crippen molar-refractivity contribution in [3.8, 4) is 11.4 Å². The molecule has 0 amide bonds. The quantitative estimate of drug-likeness (QED) is 0.669. The standard InChI is InChI=1S/C13H11N3/c1-9-7-11-12(15-9)8-14-13(16-11)10-5-3-2-4-6-10/h2-8,15H,1H3. The van der Waals surface area contributed by atoms with Crippen molar-refractivity contribution in [2.45, 2.75) is 6.92 Å². The molecule has 2 heterocycles. The maximum atomic E-state index is 4.52. The Morgan fingerprint density at radius 2 is 1.94 bits per heavy atom. The van der Waals surface area contributed by atoms with Crippen molar-refractivity contribution in [2.75, 3.05) is 0 Å². The van der Waals surface area contributed by atoms with Crippen molar-refractivity contribution in [3.63, 3.8) is 0 Å². The number of benzene rings is 1. The van der Waals surface area contributed by atoms with Crippen molar-refractivity contribution >= 4 is 11.0 Å². The molecular weight excluding hydrogens is 198 g/mol. The van der Waals surface area contributed by atoms with Crippen LogP contribution in [0.2, 0.25) is 0 Å². The van der Waals surface area contributed by atoms with Crippen molar-refractivity contribution in [3.05, 3.63) is 48.3 Å². The molecule has 78 valence electrons. The van der Waals surface area contributed by atoms with Gasteiger partial charge in [-0.3, -0.25) is 0 Å². The van der Waals surface area contributed by atoms with E-state index in [1.165, 1.54) is 0 Å². The highest BCUT2D eigenvalue weighted by molar-refractivity contribution is 5.77. The van der Waals surface area contributed by atoms with E-state index in [0.717, 1.165) is 28.1 Å². The molecule has 3 aromatic rings. The van der Waals surface area contributed by atoms with Crippen LogP contribution >= 0.6 is 0 Å². The van der Waals surface area contributed by atoms with Crippen LogP contribution in [0.15, 0.2) is 42.6 Å². The summed E-state index contributed by atoms with van der Waals surface area (Å²) < 4.78 is 0. The first-order valence-electron chi connectivity index (χ1n) is 5.21. The summed E-state index contributed by atoms with van der Waals surface area (Å²) in [5.41, 5.74) is 4.10. The molecule has 0 saturated carbocycles. The molecular formula is C13H11N3. The van der Waals surface area contributed by atoms with Crippen LogP contribution in [-0.4, -0.2) is 15.0 Å². The zero-order valence-corrected chi connectivity index (χ0v) is 8.94. The van der Waals surface area contributed by atoms with E-state index < -0.39 is 0 Å². The fourth-order valence-corrected chi connectivity index (χ4v) is 1.78. The van der Waals surface area contributed by atoms with E-state index >= 15 is 0 Å². The van der Waals surface area contributed by atoms with Crippen LogP contribution in [0.5, 0.6) is 0 Å². The van der Waals surface area contributed by atoms with E-state index in [1.54, 1.807) is 0 Å². The number of fused-ring (bicyclic) bond motifs is 1. The van der Waals surface area contributed by atoms with Crippen molar-refractivity contribution in [1.82, 2.24) is 15.0 Å². The first-order valence-corrected chi connectivity index (χ1v) is 5.21. The number of aryl methyl sites for hydroxylation is 1. The Bertz CT molecular complexity index is 626. The Kier molecular flexibility index (Phi) is 1.96. The van der Waals surface area contributed by atoms with Gasteiger partial charge in [-0.25, -0.2) is 9.97 Å². The molecule has 0 aliphatic carbocycles. The molecule has 0 unspecified atom stereocenters. The molecule has 0 aliphatic rings. The molecule has 3 heteroatoms. The summed E-state index contributed by atoms with van der Waals surface area (Å²) in [5, 5.41) is 0. The second-order valence-electron chi connectivity index (χ2n) is 3.81. The molecule has 2 aromatic heterocycles. The minimum atomic E-state index is 0.770. The molecule has 16 heavy (non-hydrogen) atoms. The lowest BCUT2D eigenvalue weighted by atomic mass is 10.2. The molecule has 3 nitrogen and oxygen atoms in total. The normalized spacial score (nSPS) is 10.8. The fourth-order valence-electron chi connectivity index (χ4n) is 1.78. The zero-order chi connectivity index (χ0) is 11.0. The van der Waals surface area contributed by atoms with E-state index in [2.05, 4.69) is 15.0 Å². The van der Waals surface area contributed by atoms with Crippen LogP contribution in [0, 0.1) is 6.92 Å². The minimum absolute atomic E-state index is 0.770. The maximum Gasteiger partial charge on any atom is 0.159 e. The number of nitrogens with zero attached hydrogens (tertiary/aromatic N) is 2. The number of nitrogens with one attached hydrogen (secondary N) is 1. The second-order valence-corrected chi connectivity index (χ2v) is 3.81. The molecule has 1 aromatic carbocycles. The van der Waals surface area contributed by atoms with Crippen molar-refractivity contribution < 1.29 is 0 Å². The third kappa shape index (κ3) is 1.46. The Labute approximate surface area is 93.2 Å². The van der Waals surface area contributed by atoms with Crippen LogP contribution < -0.4 is 0 Å². The maximum absolute atomic E-state index is 4.52. The van der Waals surface area contributed by atoms with Gasteiger partial charge in [0.15, 0.2) is 5.82 Å². The average molecular weight is 209 g/mol. The Hall–Kier alpha value is -2.16. The van der Waals surface area contributed by atoms with Crippen LogP contribution in [0.1, 0.15) is 5.69 Å². The summed E-state index contributed by atoms with van der Waals surface area (Å²) in [7, 11) is 0. The Morgan fingerprint density at radius 3 is 2.75 bits per heavy atom. The van der Waals surface area contributed by atoms with Gasteiger partial charge in [-0.15, -0.1) is 0 Å². The second kappa shape index (κ2) is 3.45. The molecule has 0 atom stereocenters. The average Bonchev–Trinajstić information content (AvgIpc) is 2.69. The molecule has 0 spiro atoms. The number of aromatic nitrogens is 3. The summed E-state index contributed by atoms with van der Waals surface area (Å²) in [4.78, 5) is 12.1. The van der Waals surface area contributed by atoms with Gasteiger partial charge in [0, 0.05) is 11.3 Å². The Morgan fingerprint density at radius 1 is 1.12 bits per heavy atom. The van der Waals surface area contributed by atoms with Gasteiger partial charge in [0.05, 0.1) is 17.2 Å². The van der Waals surface area contributed by atoms with Crippen molar-refractivity contribution in [2.24, 2.45) is 0 Å². The minimum Gasteiger partial charge on any atom is -0.356 e. The number of aromatic amines is 1. The summed E-state index contributed by atoms with van der Waals surface area (Å²) in [6.07, 6.45) is 1.83. The topological polar surface area (TPSA) is 41.6 Å². The molecule has 0 aliphatic heterocycles. The molecule has 0 bridgehead atoms. The number of rotatable bonds is 1. The van der Waals surface area contributed by atoms with E-state index in [9.17, 15) is 0 Å². The fraction of sp³-hybridized carbons (Fsp3) is 0.0769. The monoisotopic (exact) mass is 209 g/mol. The summed E-state index contributed by atoms with van der Waals surface area (Å²) in [6.45, 7) is 2.02. The lowest BCUT2D eigenvalue weighted by molar-refractivity contribution is 1.22. The summed E-state index contributed by atoms with van der Waals surface area (Å²) in [6, 6.07) is 12.0. The van der Waals surface area contributed by atoms with E-state index in [-0.39, 0.29) is 0 Å².